The fourth-order valence-corrected chi connectivity index (χ4v) is 6.96. The van der Waals surface area contributed by atoms with E-state index < -0.39 is 0 Å². The zero-order valence-electron chi connectivity index (χ0n) is 33.2. The van der Waals surface area contributed by atoms with Crippen molar-refractivity contribution in [1.82, 2.24) is 9.97 Å². The first-order chi connectivity index (χ1) is 24.8. The average Bonchev–Trinajstić information content (AvgIpc) is 3.14. The van der Waals surface area contributed by atoms with Crippen LogP contribution in [0.3, 0.4) is 0 Å². The van der Waals surface area contributed by atoms with Gasteiger partial charge in [0.1, 0.15) is 11.5 Å². The second-order valence-electron chi connectivity index (χ2n) is 15.1. The van der Waals surface area contributed by atoms with Gasteiger partial charge in [-0.2, -0.15) is 0 Å². The SMILES string of the molecule is CCCCCCCCCCCCCCCCCCOc1ccnc(-c2cc(OCCCCCCCCCCCCCCCCCC)ccn2)c1. The summed E-state index contributed by atoms with van der Waals surface area (Å²) in [5.41, 5.74) is 1.67. The van der Waals surface area contributed by atoms with E-state index in [2.05, 4.69) is 23.8 Å². The number of pyridine rings is 2. The predicted molar refractivity (Wildman–Crippen MR) is 218 cm³/mol. The molecule has 0 saturated carbocycles. The van der Waals surface area contributed by atoms with E-state index in [1.807, 2.05) is 36.7 Å². The first-order valence-corrected chi connectivity index (χ1v) is 22.0. The molecule has 2 heterocycles. The summed E-state index contributed by atoms with van der Waals surface area (Å²) in [6.45, 7) is 6.11. The lowest BCUT2D eigenvalue weighted by Gasteiger charge is -2.09. The maximum absolute atomic E-state index is 6.09. The van der Waals surface area contributed by atoms with Crippen LogP contribution < -0.4 is 9.47 Å². The molecule has 2 rings (SSSR count). The van der Waals surface area contributed by atoms with E-state index in [9.17, 15) is 0 Å². The molecule has 0 saturated heterocycles. The molecule has 0 N–H and O–H groups in total. The van der Waals surface area contributed by atoms with Gasteiger partial charge in [0.25, 0.3) is 0 Å². The summed E-state index contributed by atoms with van der Waals surface area (Å²) in [6.07, 6.45) is 47.9. The standard InChI is InChI=1S/C46H80N2O2/c1-3-5-7-9-11-13-15-17-19-21-23-25-27-29-31-33-39-49-43-35-37-47-45(41-43)46-42-44(36-38-48-46)50-40-34-32-30-28-26-24-22-20-18-16-14-12-10-8-6-4-2/h35-38,41-42H,3-34,39-40H2,1-2H3. The molecule has 0 aliphatic rings. The second-order valence-corrected chi connectivity index (χ2v) is 15.1. The van der Waals surface area contributed by atoms with Crippen LogP contribution in [-0.2, 0) is 0 Å². The van der Waals surface area contributed by atoms with E-state index >= 15 is 0 Å². The molecule has 4 nitrogen and oxygen atoms in total. The van der Waals surface area contributed by atoms with Crippen molar-refractivity contribution >= 4 is 0 Å². The van der Waals surface area contributed by atoms with Crippen molar-refractivity contribution in [3.63, 3.8) is 0 Å². The van der Waals surface area contributed by atoms with Crippen molar-refractivity contribution in [2.45, 2.75) is 219 Å². The number of unbranched alkanes of at least 4 members (excludes halogenated alkanes) is 30. The molecular weight excluding hydrogens is 613 g/mol. The lowest BCUT2D eigenvalue weighted by atomic mass is 10.0. The fourth-order valence-electron chi connectivity index (χ4n) is 6.96. The van der Waals surface area contributed by atoms with Gasteiger partial charge in [-0.3, -0.25) is 9.97 Å². The zero-order chi connectivity index (χ0) is 35.4. The Bertz CT molecular complexity index is 916. The first-order valence-electron chi connectivity index (χ1n) is 22.0. The third-order valence-electron chi connectivity index (χ3n) is 10.3. The lowest BCUT2D eigenvalue weighted by molar-refractivity contribution is 0.303. The van der Waals surface area contributed by atoms with Crippen molar-refractivity contribution in [3.8, 4) is 22.9 Å². The van der Waals surface area contributed by atoms with Gasteiger partial charge in [-0.15, -0.1) is 0 Å². The Kier molecular flexibility index (Phi) is 30.0. The minimum absolute atomic E-state index is 0.762. The predicted octanol–water partition coefficient (Wildman–Crippen LogP) is 15.4. The summed E-state index contributed by atoms with van der Waals surface area (Å²) in [6, 6.07) is 7.92. The molecule has 0 radical (unpaired) electrons. The first kappa shape index (κ1) is 44.1. The molecule has 0 fully saturated rings. The van der Waals surface area contributed by atoms with Crippen LogP contribution in [0.1, 0.15) is 219 Å². The Balaban J connectivity index is 1.43. The third kappa shape index (κ3) is 25.8. The highest BCUT2D eigenvalue weighted by atomic mass is 16.5. The van der Waals surface area contributed by atoms with Crippen LogP contribution in [0.15, 0.2) is 36.7 Å². The van der Waals surface area contributed by atoms with Crippen LogP contribution in [0.2, 0.25) is 0 Å². The maximum Gasteiger partial charge on any atom is 0.123 e. The Morgan fingerprint density at radius 2 is 0.580 bits per heavy atom. The molecule has 0 atom stereocenters. The number of ether oxygens (including phenoxy) is 2. The monoisotopic (exact) mass is 693 g/mol. The quantitative estimate of drug-likeness (QED) is 0.0661. The van der Waals surface area contributed by atoms with Crippen molar-refractivity contribution < 1.29 is 9.47 Å². The number of hydrogen-bond acceptors (Lipinski definition) is 4. The number of rotatable bonds is 37. The third-order valence-corrected chi connectivity index (χ3v) is 10.3. The van der Waals surface area contributed by atoms with Gasteiger partial charge in [0.05, 0.1) is 24.6 Å². The molecule has 0 unspecified atom stereocenters. The zero-order valence-corrected chi connectivity index (χ0v) is 33.2. The Labute approximate surface area is 310 Å². The van der Waals surface area contributed by atoms with Gasteiger partial charge in [-0.1, -0.05) is 206 Å². The van der Waals surface area contributed by atoms with E-state index in [0.29, 0.717) is 0 Å². The topological polar surface area (TPSA) is 44.2 Å². The summed E-state index contributed by atoms with van der Waals surface area (Å²) in [7, 11) is 0. The Morgan fingerprint density at radius 3 is 0.840 bits per heavy atom. The highest BCUT2D eigenvalue weighted by molar-refractivity contribution is 5.57. The Morgan fingerprint density at radius 1 is 0.340 bits per heavy atom. The molecule has 0 bridgehead atoms. The van der Waals surface area contributed by atoms with Crippen LogP contribution in [0, 0.1) is 0 Å². The molecule has 286 valence electrons. The summed E-state index contributed by atoms with van der Waals surface area (Å²) in [4.78, 5) is 9.12. The van der Waals surface area contributed by atoms with E-state index in [1.165, 1.54) is 193 Å². The number of aromatic nitrogens is 2. The van der Waals surface area contributed by atoms with Crippen LogP contribution in [0.5, 0.6) is 11.5 Å². The van der Waals surface area contributed by atoms with Gasteiger partial charge in [-0.25, -0.2) is 0 Å². The maximum atomic E-state index is 6.09. The van der Waals surface area contributed by atoms with Crippen LogP contribution >= 0.6 is 0 Å². The van der Waals surface area contributed by atoms with Gasteiger partial charge in [-0.05, 0) is 25.0 Å². The van der Waals surface area contributed by atoms with Gasteiger partial charge in [0.2, 0.25) is 0 Å². The lowest BCUT2D eigenvalue weighted by Crippen LogP contribution is -1.99. The van der Waals surface area contributed by atoms with E-state index in [1.54, 1.807) is 0 Å². The smallest absolute Gasteiger partial charge is 0.123 e. The largest absolute Gasteiger partial charge is 0.493 e. The second kappa shape index (κ2) is 34.0. The average molecular weight is 693 g/mol. The van der Waals surface area contributed by atoms with Gasteiger partial charge in [0.15, 0.2) is 0 Å². The normalized spacial score (nSPS) is 11.3. The van der Waals surface area contributed by atoms with Crippen molar-refractivity contribution in [2.24, 2.45) is 0 Å². The summed E-state index contributed by atoms with van der Waals surface area (Å²) < 4.78 is 12.2. The van der Waals surface area contributed by atoms with Crippen molar-refractivity contribution in [3.05, 3.63) is 36.7 Å². The minimum Gasteiger partial charge on any atom is -0.493 e. The Hall–Kier alpha value is -2.10. The van der Waals surface area contributed by atoms with Crippen LogP contribution in [0.25, 0.3) is 11.4 Å². The molecule has 0 spiro atoms. The van der Waals surface area contributed by atoms with Gasteiger partial charge in [0, 0.05) is 24.5 Å². The van der Waals surface area contributed by atoms with Crippen LogP contribution in [-0.4, -0.2) is 23.2 Å². The van der Waals surface area contributed by atoms with Crippen molar-refractivity contribution in [2.75, 3.05) is 13.2 Å². The van der Waals surface area contributed by atoms with E-state index in [0.717, 1.165) is 48.9 Å². The molecule has 2 aromatic rings. The molecule has 0 amide bonds. The minimum atomic E-state index is 0.762. The highest BCUT2D eigenvalue weighted by Gasteiger charge is 2.06. The van der Waals surface area contributed by atoms with Gasteiger partial charge >= 0.3 is 0 Å². The summed E-state index contributed by atoms with van der Waals surface area (Å²) in [5.74, 6) is 1.74. The number of nitrogens with zero attached hydrogens (tertiary/aromatic N) is 2. The van der Waals surface area contributed by atoms with E-state index in [-0.39, 0.29) is 0 Å². The molecule has 50 heavy (non-hydrogen) atoms. The molecule has 0 aliphatic heterocycles. The van der Waals surface area contributed by atoms with E-state index in [4.69, 9.17) is 9.47 Å². The summed E-state index contributed by atoms with van der Waals surface area (Å²) >= 11 is 0. The summed E-state index contributed by atoms with van der Waals surface area (Å²) in [5, 5.41) is 0. The highest BCUT2D eigenvalue weighted by Crippen LogP contribution is 2.24. The molecule has 4 heteroatoms. The van der Waals surface area contributed by atoms with Gasteiger partial charge < -0.3 is 9.47 Å². The fraction of sp³-hybridized carbons (Fsp3) is 0.783. The number of hydrogen-bond donors (Lipinski definition) is 0. The molecule has 0 aromatic carbocycles. The molecular formula is C46H80N2O2. The molecule has 2 aromatic heterocycles. The molecule has 0 aliphatic carbocycles. The van der Waals surface area contributed by atoms with Crippen LogP contribution in [0.4, 0.5) is 0 Å². The van der Waals surface area contributed by atoms with Crippen molar-refractivity contribution in [1.29, 1.82) is 0 Å².